The molecule has 1 fully saturated rings. The highest BCUT2D eigenvalue weighted by molar-refractivity contribution is 7.16. The maximum atomic E-state index is 13.5. The lowest BCUT2D eigenvalue weighted by Gasteiger charge is -2.29. The number of thiazole rings is 1. The van der Waals surface area contributed by atoms with E-state index in [9.17, 15) is 9.65 Å². The molecule has 8 nitrogen and oxygen atoms in total. The summed E-state index contributed by atoms with van der Waals surface area (Å²) in [5, 5.41) is 18.8. The lowest BCUT2D eigenvalue weighted by atomic mass is 10.1. The first kappa shape index (κ1) is 23.2. The summed E-state index contributed by atoms with van der Waals surface area (Å²) in [6.45, 7) is 10.5. The van der Waals surface area contributed by atoms with E-state index in [1.165, 1.54) is 23.5 Å². The van der Waals surface area contributed by atoms with Crippen molar-refractivity contribution in [2.24, 2.45) is 0 Å². The molecule has 1 saturated heterocycles. The molecule has 0 atom stereocenters. The van der Waals surface area contributed by atoms with E-state index in [2.05, 4.69) is 48.0 Å². The third kappa shape index (κ3) is 4.22. The SMILES string of the molecule is CCc1nn2c(C)cc(N3CCNCC3)nc2c1N(CC)c1nc(-c2ccc(F)cc2)c(C#N)s1. The molecule has 1 aliphatic rings. The summed E-state index contributed by atoms with van der Waals surface area (Å²) in [4.78, 5) is 14.8. The first-order valence-corrected chi connectivity index (χ1v) is 12.6. The molecule has 4 aromatic rings. The molecule has 1 aromatic carbocycles. The van der Waals surface area contributed by atoms with E-state index in [-0.39, 0.29) is 5.82 Å². The summed E-state index contributed by atoms with van der Waals surface area (Å²) >= 11 is 1.33. The third-order valence-corrected chi connectivity index (χ3v) is 7.21. The summed E-state index contributed by atoms with van der Waals surface area (Å²) in [7, 11) is 0. The minimum Gasteiger partial charge on any atom is -0.354 e. The standard InChI is InChI=1S/C25H27FN8S/c1-4-19-23(24-29-21(14-16(3)34(24)31-19)32-12-10-28-11-13-32)33(5-2)25-30-22(20(15-27)35-25)17-6-8-18(26)9-7-17/h6-9,14,28H,4-5,10-13H2,1-3H3. The zero-order chi connectivity index (χ0) is 24.5. The van der Waals surface area contributed by atoms with Gasteiger partial charge in [0.05, 0.1) is 5.69 Å². The number of rotatable bonds is 6. The van der Waals surface area contributed by atoms with Crippen LogP contribution in [0.25, 0.3) is 16.9 Å². The van der Waals surface area contributed by atoms with Gasteiger partial charge in [0.15, 0.2) is 10.8 Å². The molecule has 1 N–H and O–H groups in total. The summed E-state index contributed by atoms with van der Waals surface area (Å²) in [6, 6.07) is 10.4. The highest BCUT2D eigenvalue weighted by Gasteiger charge is 2.26. The van der Waals surface area contributed by atoms with Gasteiger partial charge in [0, 0.05) is 50.0 Å². The summed E-state index contributed by atoms with van der Waals surface area (Å²) in [6.07, 6.45) is 0.735. The Morgan fingerprint density at radius 3 is 2.57 bits per heavy atom. The van der Waals surface area contributed by atoms with Crippen molar-refractivity contribution in [3.05, 3.63) is 52.4 Å². The predicted molar refractivity (Wildman–Crippen MR) is 137 cm³/mol. The Hall–Kier alpha value is -3.55. The molecule has 0 aliphatic carbocycles. The van der Waals surface area contributed by atoms with E-state index in [0.29, 0.717) is 27.8 Å². The number of aromatic nitrogens is 4. The fourth-order valence-corrected chi connectivity index (χ4v) is 5.40. The molecule has 0 saturated carbocycles. The van der Waals surface area contributed by atoms with Crippen LogP contribution in [0.1, 0.15) is 30.1 Å². The number of hydrogen-bond acceptors (Lipinski definition) is 8. The van der Waals surface area contributed by atoms with Crippen LogP contribution < -0.4 is 15.1 Å². The summed E-state index contributed by atoms with van der Waals surface area (Å²) in [5.74, 6) is 0.624. The van der Waals surface area contributed by atoms with Crippen LogP contribution in [0.4, 0.5) is 21.0 Å². The second kappa shape index (κ2) is 9.60. The van der Waals surface area contributed by atoms with Gasteiger partial charge in [-0.2, -0.15) is 10.4 Å². The number of fused-ring (bicyclic) bond motifs is 1. The fraction of sp³-hybridized carbons (Fsp3) is 0.360. The zero-order valence-corrected chi connectivity index (χ0v) is 20.9. The lowest BCUT2D eigenvalue weighted by Crippen LogP contribution is -2.44. The number of nitrogens with one attached hydrogen (secondary N) is 1. The van der Waals surface area contributed by atoms with Crippen molar-refractivity contribution >= 4 is 33.6 Å². The van der Waals surface area contributed by atoms with Gasteiger partial charge >= 0.3 is 0 Å². The number of piperazine rings is 1. The van der Waals surface area contributed by atoms with Crippen LogP contribution >= 0.6 is 11.3 Å². The fourth-order valence-electron chi connectivity index (χ4n) is 4.44. The Labute approximate surface area is 207 Å². The molecule has 1 aliphatic heterocycles. The second-order valence-electron chi connectivity index (χ2n) is 8.41. The molecule has 10 heteroatoms. The molecule has 35 heavy (non-hydrogen) atoms. The third-order valence-electron chi connectivity index (χ3n) is 6.23. The average molecular weight is 491 g/mol. The van der Waals surface area contributed by atoms with Crippen LogP contribution in [0, 0.1) is 24.1 Å². The molecule has 0 unspecified atom stereocenters. The Kier molecular flexibility index (Phi) is 6.36. The second-order valence-corrected chi connectivity index (χ2v) is 9.39. The average Bonchev–Trinajstić information content (AvgIpc) is 3.48. The van der Waals surface area contributed by atoms with Crippen molar-refractivity contribution in [3.63, 3.8) is 0 Å². The summed E-state index contributed by atoms with van der Waals surface area (Å²) < 4.78 is 15.4. The largest absolute Gasteiger partial charge is 0.354 e. The van der Waals surface area contributed by atoms with Gasteiger partial charge in [0.2, 0.25) is 0 Å². The van der Waals surface area contributed by atoms with Crippen LogP contribution in [0.15, 0.2) is 30.3 Å². The topological polar surface area (TPSA) is 85.4 Å². The molecule has 0 amide bonds. The van der Waals surface area contributed by atoms with E-state index >= 15 is 0 Å². The zero-order valence-electron chi connectivity index (χ0n) is 20.0. The number of nitriles is 1. The van der Waals surface area contributed by atoms with Crippen LogP contribution in [0.5, 0.6) is 0 Å². The van der Waals surface area contributed by atoms with Gasteiger partial charge in [-0.3, -0.25) is 0 Å². The van der Waals surface area contributed by atoms with Gasteiger partial charge in [0.1, 0.15) is 34.0 Å². The molecule has 4 heterocycles. The molecule has 5 rings (SSSR count). The van der Waals surface area contributed by atoms with E-state index in [0.717, 1.165) is 61.1 Å². The van der Waals surface area contributed by atoms with Gasteiger partial charge < -0.3 is 15.1 Å². The first-order chi connectivity index (χ1) is 17.0. The van der Waals surface area contributed by atoms with Crippen molar-refractivity contribution in [2.45, 2.75) is 27.2 Å². The van der Waals surface area contributed by atoms with Crippen LogP contribution in [0.3, 0.4) is 0 Å². The number of aryl methyl sites for hydroxylation is 2. The quantitative estimate of drug-likeness (QED) is 0.431. The highest BCUT2D eigenvalue weighted by atomic mass is 32.1. The Bertz CT molecular complexity index is 1400. The molecular formula is C25H27FN8S. The summed E-state index contributed by atoms with van der Waals surface area (Å²) in [5.41, 5.74) is 4.92. The number of halogens is 1. The van der Waals surface area contributed by atoms with Crippen molar-refractivity contribution in [2.75, 3.05) is 42.5 Å². The minimum atomic E-state index is -0.321. The maximum Gasteiger partial charge on any atom is 0.191 e. The number of anilines is 3. The molecule has 3 aromatic heterocycles. The monoisotopic (exact) mass is 490 g/mol. The molecule has 0 bridgehead atoms. The van der Waals surface area contributed by atoms with Gasteiger partial charge in [0.25, 0.3) is 0 Å². The Balaban J connectivity index is 1.64. The van der Waals surface area contributed by atoms with Gasteiger partial charge in [-0.25, -0.2) is 18.9 Å². The lowest BCUT2D eigenvalue weighted by molar-refractivity contribution is 0.584. The van der Waals surface area contributed by atoms with E-state index in [4.69, 9.17) is 15.1 Å². The van der Waals surface area contributed by atoms with E-state index < -0.39 is 0 Å². The van der Waals surface area contributed by atoms with Gasteiger partial charge in [-0.05, 0) is 44.5 Å². The predicted octanol–water partition coefficient (Wildman–Crippen LogP) is 4.30. The first-order valence-electron chi connectivity index (χ1n) is 11.8. The number of benzene rings is 1. The smallest absolute Gasteiger partial charge is 0.191 e. The van der Waals surface area contributed by atoms with Gasteiger partial charge in [-0.15, -0.1) is 0 Å². The normalized spacial score (nSPS) is 13.9. The molecule has 180 valence electrons. The van der Waals surface area contributed by atoms with E-state index in [1.807, 2.05) is 4.52 Å². The van der Waals surface area contributed by atoms with Crippen LogP contribution in [-0.2, 0) is 6.42 Å². The highest BCUT2D eigenvalue weighted by Crippen LogP contribution is 2.39. The van der Waals surface area contributed by atoms with Crippen molar-refractivity contribution in [1.82, 2.24) is 24.9 Å². The van der Waals surface area contributed by atoms with Crippen molar-refractivity contribution in [3.8, 4) is 17.3 Å². The van der Waals surface area contributed by atoms with Crippen LogP contribution in [0.2, 0.25) is 0 Å². The van der Waals surface area contributed by atoms with Gasteiger partial charge in [-0.1, -0.05) is 18.3 Å². The molecular weight excluding hydrogens is 463 g/mol. The van der Waals surface area contributed by atoms with Crippen LogP contribution in [-0.4, -0.2) is 52.3 Å². The van der Waals surface area contributed by atoms with E-state index in [1.54, 1.807) is 12.1 Å². The Morgan fingerprint density at radius 1 is 1.17 bits per heavy atom. The van der Waals surface area contributed by atoms with Crippen molar-refractivity contribution < 1.29 is 4.39 Å². The molecule has 0 spiro atoms. The number of hydrogen-bond donors (Lipinski definition) is 1. The maximum absolute atomic E-state index is 13.5. The van der Waals surface area contributed by atoms with Crippen molar-refractivity contribution in [1.29, 1.82) is 5.26 Å². The molecule has 0 radical (unpaired) electrons. The Morgan fingerprint density at radius 2 is 1.91 bits per heavy atom. The number of nitrogens with zero attached hydrogens (tertiary/aromatic N) is 7. The minimum absolute atomic E-state index is 0.321.